The molecule has 4 rings (SSSR count). The van der Waals surface area contributed by atoms with E-state index < -0.39 is 0 Å². The number of nitriles is 1. The summed E-state index contributed by atoms with van der Waals surface area (Å²) in [6.07, 6.45) is 1.52. The molecule has 0 atom stereocenters. The number of rotatable bonds is 3. The van der Waals surface area contributed by atoms with Crippen LogP contribution in [0.5, 0.6) is 0 Å². The van der Waals surface area contributed by atoms with Gasteiger partial charge in [-0.2, -0.15) is 10.2 Å². The number of amides is 1. The Hall–Kier alpha value is -2.76. The molecule has 0 N–H and O–H groups in total. The van der Waals surface area contributed by atoms with Crippen molar-refractivity contribution in [2.45, 2.75) is 0 Å². The lowest BCUT2D eigenvalue weighted by Crippen LogP contribution is -2.48. The number of piperazine rings is 1. The lowest BCUT2D eigenvalue weighted by atomic mass is 10.3. The number of hydrogen-bond donors (Lipinski definition) is 0. The average molecular weight is 389 g/mol. The molecule has 4 heterocycles. The van der Waals surface area contributed by atoms with E-state index in [9.17, 15) is 10.1 Å². The van der Waals surface area contributed by atoms with Crippen LogP contribution in [0.15, 0.2) is 39.4 Å². The number of anilines is 1. The van der Waals surface area contributed by atoms with Crippen molar-refractivity contribution in [3.8, 4) is 17.7 Å². The summed E-state index contributed by atoms with van der Waals surface area (Å²) in [6, 6.07) is 8.97. The van der Waals surface area contributed by atoms with Crippen LogP contribution < -0.4 is 4.90 Å². The molecule has 1 fully saturated rings. The molecule has 0 bridgehead atoms. The predicted molar refractivity (Wildman–Crippen MR) is 96.4 cm³/mol. The number of oxazole rings is 1. The maximum Gasteiger partial charge on any atom is 0.266 e. The third-order valence-electron chi connectivity index (χ3n) is 4.09. The molecule has 1 saturated heterocycles. The van der Waals surface area contributed by atoms with Crippen LogP contribution in [0, 0.1) is 11.3 Å². The molecule has 0 spiro atoms. The molecule has 1 amide bonds. The third kappa shape index (κ3) is 3.07. The number of carbonyl (C=O) groups is 1. The molecule has 7 nitrogen and oxygen atoms in total. The molecule has 1 aliphatic heterocycles. The van der Waals surface area contributed by atoms with Gasteiger partial charge in [-0.05, 0) is 24.3 Å². The fourth-order valence-corrected chi connectivity index (χ4v) is 3.81. The second kappa shape index (κ2) is 6.86. The van der Waals surface area contributed by atoms with E-state index in [1.807, 2.05) is 4.90 Å². The number of hydrogen-bond acceptors (Lipinski definition) is 7. The lowest BCUT2D eigenvalue weighted by Gasteiger charge is -2.34. The molecule has 1 aliphatic rings. The number of thiophene rings is 1. The number of carbonyl (C=O) groups excluding carboxylic acids is 1. The van der Waals surface area contributed by atoms with Gasteiger partial charge in [-0.25, -0.2) is 0 Å². The van der Waals surface area contributed by atoms with Gasteiger partial charge in [-0.3, -0.25) is 4.79 Å². The van der Waals surface area contributed by atoms with Crippen LogP contribution >= 0.6 is 22.9 Å². The van der Waals surface area contributed by atoms with Crippen molar-refractivity contribution in [3.05, 3.63) is 45.4 Å². The normalized spacial score (nSPS) is 14.5. The Kier molecular flexibility index (Phi) is 4.41. The second-order valence-electron chi connectivity index (χ2n) is 5.64. The van der Waals surface area contributed by atoms with E-state index in [0.717, 1.165) is 0 Å². The molecule has 0 radical (unpaired) electrons. The molecule has 0 aromatic carbocycles. The maximum absolute atomic E-state index is 12.5. The summed E-state index contributed by atoms with van der Waals surface area (Å²) in [6.45, 7) is 2.14. The van der Waals surface area contributed by atoms with Crippen molar-refractivity contribution in [2.24, 2.45) is 0 Å². The fraction of sp³-hybridized carbons (Fsp3) is 0.235. The highest BCUT2D eigenvalue weighted by Crippen LogP contribution is 2.29. The van der Waals surface area contributed by atoms with E-state index in [2.05, 4.69) is 11.1 Å². The molecule has 0 unspecified atom stereocenters. The topological polar surface area (TPSA) is 86.5 Å². The Balaban J connectivity index is 1.48. The summed E-state index contributed by atoms with van der Waals surface area (Å²) in [5.74, 6) is 1.12. The fourth-order valence-electron chi connectivity index (χ4n) is 2.80. The van der Waals surface area contributed by atoms with Crippen molar-refractivity contribution >= 4 is 34.7 Å². The van der Waals surface area contributed by atoms with Crippen LogP contribution in [0.2, 0.25) is 4.34 Å². The summed E-state index contributed by atoms with van der Waals surface area (Å²) >= 11 is 7.18. The quantitative estimate of drug-likeness (QED) is 0.682. The average Bonchev–Trinajstić information content (AvgIpc) is 3.41. The van der Waals surface area contributed by atoms with Crippen molar-refractivity contribution in [2.75, 3.05) is 31.1 Å². The predicted octanol–water partition coefficient (Wildman–Crippen LogP) is 3.48. The molecule has 26 heavy (non-hydrogen) atoms. The van der Waals surface area contributed by atoms with Gasteiger partial charge in [0, 0.05) is 26.2 Å². The smallest absolute Gasteiger partial charge is 0.266 e. The first kappa shape index (κ1) is 16.7. The standard InChI is InChI=1S/C17H13ClN4O3S/c18-14-4-3-13(26-14)16(23)21-5-7-22(8-6-21)17-11(10-19)20-15(25-17)12-2-1-9-24-12/h1-4,9H,5-8H2. The highest BCUT2D eigenvalue weighted by molar-refractivity contribution is 7.17. The Morgan fingerprint density at radius 1 is 1.27 bits per heavy atom. The summed E-state index contributed by atoms with van der Waals surface area (Å²) < 4.78 is 11.6. The van der Waals surface area contributed by atoms with Crippen LogP contribution in [0.3, 0.4) is 0 Å². The van der Waals surface area contributed by atoms with E-state index >= 15 is 0 Å². The number of aromatic nitrogens is 1. The van der Waals surface area contributed by atoms with Gasteiger partial charge in [0.05, 0.1) is 15.5 Å². The van der Waals surface area contributed by atoms with Gasteiger partial charge >= 0.3 is 0 Å². The van der Waals surface area contributed by atoms with Crippen molar-refractivity contribution < 1.29 is 13.6 Å². The molecule has 3 aromatic rings. The minimum Gasteiger partial charge on any atom is -0.459 e. The second-order valence-corrected chi connectivity index (χ2v) is 7.36. The molecule has 132 valence electrons. The molecular weight excluding hydrogens is 376 g/mol. The summed E-state index contributed by atoms with van der Waals surface area (Å²) in [5.41, 5.74) is 0.209. The van der Waals surface area contributed by atoms with E-state index in [0.29, 0.717) is 47.0 Å². The zero-order valence-electron chi connectivity index (χ0n) is 13.5. The molecular formula is C17H13ClN4O3S. The first-order valence-corrected chi connectivity index (χ1v) is 9.09. The molecule has 0 aliphatic carbocycles. The Bertz CT molecular complexity index is 965. The molecule has 3 aromatic heterocycles. The van der Waals surface area contributed by atoms with Gasteiger partial charge in [-0.1, -0.05) is 11.6 Å². The molecule has 0 saturated carbocycles. The first-order valence-electron chi connectivity index (χ1n) is 7.90. The van der Waals surface area contributed by atoms with E-state index in [-0.39, 0.29) is 17.5 Å². The van der Waals surface area contributed by atoms with Gasteiger partial charge < -0.3 is 18.6 Å². The summed E-state index contributed by atoms with van der Waals surface area (Å²) in [4.78, 5) is 21.0. The minimum absolute atomic E-state index is 0.0316. The lowest BCUT2D eigenvalue weighted by molar-refractivity contribution is 0.0750. The van der Waals surface area contributed by atoms with Gasteiger partial charge in [-0.15, -0.1) is 11.3 Å². The Morgan fingerprint density at radius 3 is 2.69 bits per heavy atom. The van der Waals surface area contributed by atoms with Gasteiger partial charge in [0.25, 0.3) is 11.8 Å². The van der Waals surface area contributed by atoms with Crippen LogP contribution in [-0.4, -0.2) is 42.0 Å². The largest absolute Gasteiger partial charge is 0.459 e. The number of halogens is 1. The zero-order valence-corrected chi connectivity index (χ0v) is 15.1. The monoisotopic (exact) mass is 388 g/mol. The highest BCUT2D eigenvalue weighted by Gasteiger charge is 2.28. The summed E-state index contributed by atoms with van der Waals surface area (Å²) in [7, 11) is 0. The minimum atomic E-state index is -0.0316. The zero-order chi connectivity index (χ0) is 18.1. The van der Waals surface area contributed by atoms with Crippen LogP contribution in [-0.2, 0) is 0 Å². The van der Waals surface area contributed by atoms with Crippen LogP contribution in [0.4, 0.5) is 5.88 Å². The van der Waals surface area contributed by atoms with Crippen LogP contribution in [0.25, 0.3) is 11.7 Å². The van der Waals surface area contributed by atoms with E-state index in [1.165, 1.54) is 17.6 Å². The van der Waals surface area contributed by atoms with E-state index in [1.54, 1.807) is 29.2 Å². The van der Waals surface area contributed by atoms with Crippen molar-refractivity contribution in [1.29, 1.82) is 5.26 Å². The van der Waals surface area contributed by atoms with Gasteiger partial charge in [0.1, 0.15) is 6.07 Å². The summed E-state index contributed by atoms with van der Waals surface area (Å²) in [5, 5.41) is 9.35. The molecule has 9 heteroatoms. The number of nitrogens with zero attached hydrogens (tertiary/aromatic N) is 4. The maximum atomic E-state index is 12.5. The van der Waals surface area contributed by atoms with Gasteiger partial charge in [0.2, 0.25) is 11.6 Å². The Morgan fingerprint density at radius 2 is 2.08 bits per heavy atom. The van der Waals surface area contributed by atoms with Crippen molar-refractivity contribution in [1.82, 2.24) is 9.88 Å². The van der Waals surface area contributed by atoms with Crippen LogP contribution in [0.1, 0.15) is 15.4 Å². The Labute approximate surface area is 158 Å². The van der Waals surface area contributed by atoms with Gasteiger partial charge in [0.15, 0.2) is 5.76 Å². The number of furan rings is 1. The highest BCUT2D eigenvalue weighted by atomic mass is 35.5. The SMILES string of the molecule is N#Cc1nc(-c2ccco2)oc1N1CCN(C(=O)c2ccc(Cl)s2)CC1. The third-order valence-corrected chi connectivity index (χ3v) is 5.30. The van der Waals surface area contributed by atoms with Crippen molar-refractivity contribution in [3.63, 3.8) is 0 Å². The first-order chi connectivity index (χ1) is 12.7. The van der Waals surface area contributed by atoms with E-state index in [4.69, 9.17) is 20.4 Å².